The van der Waals surface area contributed by atoms with Gasteiger partial charge in [-0.2, -0.15) is 0 Å². The molecule has 0 aromatic heterocycles. The van der Waals surface area contributed by atoms with Crippen molar-refractivity contribution in [2.75, 3.05) is 0 Å². The SMILES string of the molecule is CC(=O)Sc1cc2c3c(c1)CCc1cc(SC(C)=O)cc(c1-3)CC2. The van der Waals surface area contributed by atoms with E-state index in [1.165, 1.54) is 56.9 Å². The molecular weight excluding hydrogens is 336 g/mol. The number of hydrogen-bond donors (Lipinski definition) is 0. The molecule has 0 atom stereocenters. The minimum Gasteiger partial charge on any atom is -0.287 e. The van der Waals surface area contributed by atoms with Gasteiger partial charge in [-0.05, 0) is 83.3 Å². The van der Waals surface area contributed by atoms with Crippen molar-refractivity contribution in [3.63, 3.8) is 0 Å². The predicted molar refractivity (Wildman–Crippen MR) is 99.8 cm³/mol. The Morgan fingerprint density at radius 3 is 1.21 bits per heavy atom. The van der Waals surface area contributed by atoms with Gasteiger partial charge in [0.1, 0.15) is 0 Å². The van der Waals surface area contributed by atoms with Crippen LogP contribution in [0, 0.1) is 0 Å². The van der Waals surface area contributed by atoms with E-state index < -0.39 is 0 Å². The predicted octanol–water partition coefficient (Wildman–Crippen LogP) is 4.83. The smallest absolute Gasteiger partial charge is 0.190 e. The number of aryl methyl sites for hydroxylation is 4. The molecule has 2 aromatic carbocycles. The Kier molecular flexibility index (Phi) is 4.05. The van der Waals surface area contributed by atoms with Crippen LogP contribution in [0.1, 0.15) is 36.1 Å². The summed E-state index contributed by atoms with van der Waals surface area (Å²) in [4.78, 5) is 25.1. The lowest BCUT2D eigenvalue weighted by molar-refractivity contribution is -0.109. The van der Waals surface area contributed by atoms with Crippen LogP contribution in [0.2, 0.25) is 0 Å². The molecule has 2 nitrogen and oxygen atoms in total. The van der Waals surface area contributed by atoms with Gasteiger partial charge in [-0.15, -0.1) is 0 Å². The van der Waals surface area contributed by atoms with Crippen LogP contribution in [0.4, 0.5) is 0 Å². The summed E-state index contributed by atoms with van der Waals surface area (Å²) in [5.41, 5.74) is 8.27. The first-order valence-electron chi connectivity index (χ1n) is 8.20. The van der Waals surface area contributed by atoms with Crippen molar-refractivity contribution >= 4 is 33.8 Å². The number of carbonyl (C=O) groups excluding carboxylic acids is 2. The highest BCUT2D eigenvalue weighted by Gasteiger charge is 2.27. The van der Waals surface area contributed by atoms with Crippen molar-refractivity contribution in [2.45, 2.75) is 49.3 Å². The van der Waals surface area contributed by atoms with Gasteiger partial charge in [0.15, 0.2) is 10.2 Å². The highest BCUT2D eigenvalue weighted by atomic mass is 32.2. The zero-order chi connectivity index (χ0) is 16.8. The van der Waals surface area contributed by atoms with E-state index in [1.54, 1.807) is 13.8 Å². The highest BCUT2D eigenvalue weighted by Crippen LogP contribution is 2.45. The lowest BCUT2D eigenvalue weighted by atomic mass is 9.75. The summed E-state index contributed by atoms with van der Waals surface area (Å²) in [6.07, 6.45) is 4.04. The number of hydrogen-bond acceptors (Lipinski definition) is 4. The molecule has 0 unspecified atom stereocenters. The average Bonchev–Trinajstić information content (AvgIpc) is 2.50. The topological polar surface area (TPSA) is 34.1 Å². The Morgan fingerprint density at radius 1 is 0.667 bits per heavy atom. The molecule has 0 radical (unpaired) electrons. The van der Waals surface area contributed by atoms with Gasteiger partial charge in [0.2, 0.25) is 0 Å². The van der Waals surface area contributed by atoms with Crippen LogP contribution in [-0.2, 0) is 35.3 Å². The fourth-order valence-corrected chi connectivity index (χ4v) is 5.36. The molecule has 122 valence electrons. The molecule has 0 saturated carbocycles. The number of benzene rings is 2. The first-order chi connectivity index (χ1) is 11.5. The normalized spacial score (nSPS) is 14.2. The van der Waals surface area contributed by atoms with Crippen LogP contribution in [0.5, 0.6) is 0 Å². The zero-order valence-electron chi connectivity index (χ0n) is 13.8. The number of carbonyl (C=O) groups is 2. The summed E-state index contributed by atoms with van der Waals surface area (Å²) in [7, 11) is 0. The zero-order valence-corrected chi connectivity index (χ0v) is 15.4. The molecule has 2 aliphatic rings. The number of thioether (sulfide) groups is 2. The molecule has 2 aromatic rings. The minimum atomic E-state index is 0.140. The second-order valence-electron chi connectivity index (χ2n) is 6.42. The number of rotatable bonds is 2. The molecule has 0 aliphatic heterocycles. The molecule has 24 heavy (non-hydrogen) atoms. The molecule has 2 aliphatic carbocycles. The van der Waals surface area contributed by atoms with E-state index in [4.69, 9.17) is 0 Å². The molecular formula is C20H18O2S2. The van der Waals surface area contributed by atoms with Crippen LogP contribution < -0.4 is 0 Å². The van der Waals surface area contributed by atoms with E-state index in [-0.39, 0.29) is 10.2 Å². The lowest BCUT2D eigenvalue weighted by Crippen LogP contribution is -2.14. The summed E-state index contributed by atoms with van der Waals surface area (Å²) in [6, 6.07) is 8.78. The minimum absolute atomic E-state index is 0.140. The monoisotopic (exact) mass is 354 g/mol. The maximum absolute atomic E-state index is 11.4. The van der Waals surface area contributed by atoms with E-state index in [9.17, 15) is 9.59 Å². The lowest BCUT2D eigenvalue weighted by Gasteiger charge is -2.30. The van der Waals surface area contributed by atoms with Gasteiger partial charge in [-0.25, -0.2) is 0 Å². The highest BCUT2D eigenvalue weighted by molar-refractivity contribution is 8.13. The van der Waals surface area contributed by atoms with E-state index in [0.717, 1.165) is 35.5 Å². The van der Waals surface area contributed by atoms with Gasteiger partial charge in [0, 0.05) is 23.6 Å². The van der Waals surface area contributed by atoms with E-state index in [1.807, 2.05) is 0 Å². The van der Waals surface area contributed by atoms with Crippen LogP contribution in [0.25, 0.3) is 11.1 Å². The molecule has 4 rings (SSSR count). The summed E-state index contributed by atoms with van der Waals surface area (Å²) >= 11 is 2.66. The fourth-order valence-electron chi connectivity index (χ4n) is 3.89. The Morgan fingerprint density at radius 2 is 0.958 bits per heavy atom. The molecule has 0 N–H and O–H groups in total. The standard InChI is InChI=1S/C20H18O2S2/c1-11(21)23-17-7-13-3-5-15-9-18(24-12(2)22)10-16-6-4-14(8-17)19(13)20(15)16/h7-10H,3-6H2,1-2H3. The maximum atomic E-state index is 11.4. The van der Waals surface area contributed by atoms with Crippen molar-refractivity contribution in [1.82, 2.24) is 0 Å². The molecule has 0 bridgehead atoms. The van der Waals surface area contributed by atoms with E-state index >= 15 is 0 Å². The molecule has 0 fully saturated rings. The maximum Gasteiger partial charge on any atom is 0.190 e. The molecule has 0 spiro atoms. The average molecular weight is 354 g/mol. The summed E-state index contributed by atoms with van der Waals surface area (Å²) in [5, 5.41) is 0.279. The Bertz CT molecular complexity index is 760. The van der Waals surface area contributed by atoms with Crippen LogP contribution in [0.15, 0.2) is 34.1 Å². The van der Waals surface area contributed by atoms with E-state index in [0.29, 0.717) is 0 Å². The quantitative estimate of drug-likeness (QED) is 0.724. The van der Waals surface area contributed by atoms with Gasteiger partial charge in [-0.3, -0.25) is 9.59 Å². The molecule has 0 heterocycles. The molecule has 0 saturated heterocycles. The first-order valence-corrected chi connectivity index (χ1v) is 9.83. The third kappa shape index (κ3) is 2.82. The third-order valence-corrected chi connectivity index (χ3v) is 6.17. The van der Waals surface area contributed by atoms with Crippen molar-refractivity contribution < 1.29 is 9.59 Å². The van der Waals surface area contributed by atoms with Crippen LogP contribution in [0.3, 0.4) is 0 Å². The van der Waals surface area contributed by atoms with Crippen molar-refractivity contribution in [1.29, 1.82) is 0 Å². The van der Waals surface area contributed by atoms with Crippen LogP contribution in [-0.4, -0.2) is 10.2 Å². The summed E-state index contributed by atoms with van der Waals surface area (Å²) < 4.78 is 0. The van der Waals surface area contributed by atoms with Gasteiger partial charge >= 0.3 is 0 Å². The van der Waals surface area contributed by atoms with Crippen molar-refractivity contribution in [3.05, 3.63) is 46.5 Å². The Labute approximate surface area is 150 Å². The Hall–Kier alpha value is -1.52. The third-order valence-electron chi connectivity index (χ3n) is 4.65. The fraction of sp³-hybridized carbons (Fsp3) is 0.300. The van der Waals surface area contributed by atoms with Crippen molar-refractivity contribution in [3.8, 4) is 11.1 Å². The Balaban J connectivity index is 1.85. The van der Waals surface area contributed by atoms with E-state index in [2.05, 4.69) is 24.3 Å². The second-order valence-corrected chi connectivity index (χ2v) is 8.92. The van der Waals surface area contributed by atoms with Gasteiger partial charge in [-0.1, -0.05) is 23.5 Å². The molecule has 4 heteroatoms. The van der Waals surface area contributed by atoms with Gasteiger partial charge < -0.3 is 0 Å². The van der Waals surface area contributed by atoms with Gasteiger partial charge in [0.25, 0.3) is 0 Å². The molecule has 0 amide bonds. The largest absolute Gasteiger partial charge is 0.287 e. The summed E-state index contributed by atoms with van der Waals surface area (Å²) in [5.74, 6) is 0. The summed E-state index contributed by atoms with van der Waals surface area (Å²) in [6.45, 7) is 3.24. The second kappa shape index (κ2) is 6.08. The van der Waals surface area contributed by atoms with Crippen molar-refractivity contribution in [2.24, 2.45) is 0 Å². The van der Waals surface area contributed by atoms with Gasteiger partial charge in [0.05, 0.1) is 0 Å². The first kappa shape index (κ1) is 16.0. The van der Waals surface area contributed by atoms with Crippen LogP contribution >= 0.6 is 23.5 Å².